The molecule has 5 aromatic rings. The second-order valence-electron chi connectivity index (χ2n) is 24.9. The Balaban J connectivity index is 0.000000310. The summed E-state index contributed by atoms with van der Waals surface area (Å²) in [5, 5.41) is 9.37. The Bertz CT molecular complexity index is 3080. The van der Waals surface area contributed by atoms with Gasteiger partial charge in [0, 0.05) is 76.5 Å². The van der Waals surface area contributed by atoms with Crippen LogP contribution in [0.1, 0.15) is 171 Å². The molecule has 2 heterocycles. The molecule has 20 heteroatoms. The smallest absolute Gasteiger partial charge is 0.323 e. The summed E-state index contributed by atoms with van der Waals surface area (Å²) in [4.78, 5) is 53.8. The van der Waals surface area contributed by atoms with E-state index in [0.717, 1.165) is 70.7 Å². The standard InChI is InChI=1S/C42H56O10.C35H50O10/c1-6-48-39(43)42(40(44)49-7-2,25-13-14-26-47-28-32-15-9-8-10-16-32)24-12-11-17-37-36-23-22-35(52-31-46-5)27-38(36)50-29-41(37,3)33-18-20-34(21-19-33)51-30-45-4;1-6-41-32(37)35(20-10-11-21-36,33(38)42-7-2)19-9-8-12-30-29-18-17-28(45-25-40-5)22-31(29)43-23-34(30,3)26-13-15-27(16-14-26)44-24-39-4/h8-10,15-16,18-23,27,37H,6-7,11-14,17,24-26,28-31H2,1-5H3;13-18,22,30,36H,6-12,19-21,23-25H2,1-5H3/t37-,41-;30-,34-/m11/s1. The zero-order chi connectivity index (χ0) is 69.9. The number of unbranched alkanes of at least 4 members (excludes halogenated alkanes) is 4. The van der Waals surface area contributed by atoms with Crippen molar-refractivity contribution in [1.82, 2.24) is 0 Å². The van der Waals surface area contributed by atoms with Gasteiger partial charge in [-0.1, -0.05) is 106 Å². The Morgan fingerprint density at radius 1 is 0.454 bits per heavy atom. The maximum Gasteiger partial charge on any atom is 0.323 e. The van der Waals surface area contributed by atoms with E-state index in [1.165, 1.54) is 0 Å². The van der Waals surface area contributed by atoms with E-state index in [-0.39, 0.29) is 89.3 Å². The van der Waals surface area contributed by atoms with E-state index in [0.29, 0.717) is 101 Å². The largest absolute Gasteiger partial charge is 0.492 e. The van der Waals surface area contributed by atoms with Crippen LogP contribution in [0.15, 0.2) is 115 Å². The number of carbonyl (C=O) groups is 4. The predicted octanol–water partition coefficient (Wildman–Crippen LogP) is 14.1. The van der Waals surface area contributed by atoms with E-state index in [1.807, 2.05) is 78.9 Å². The van der Waals surface area contributed by atoms with E-state index in [1.54, 1.807) is 56.1 Å². The van der Waals surface area contributed by atoms with Gasteiger partial charge in [-0.3, -0.25) is 19.2 Å². The van der Waals surface area contributed by atoms with Gasteiger partial charge < -0.3 is 76.2 Å². The Morgan fingerprint density at radius 3 is 1.16 bits per heavy atom. The Morgan fingerprint density at radius 2 is 0.804 bits per heavy atom. The van der Waals surface area contributed by atoms with Crippen molar-refractivity contribution in [2.45, 2.75) is 161 Å². The molecular weight excluding hydrogens is 1240 g/mol. The molecule has 2 aliphatic heterocycles. The van der Waals surface area contributed by atoms with Crippen LogP contribution in [0, 0.1) is 10.8 Å². The summed E-state index contributed by atoms with van der Waals surface area (Å²) in [6.45, 7) is 14.7. The number of esters is 4. The molecule has 7 rings (SSSR count). The van der Waals surface area contributed by atoms with Gasteiger partial charge in [-0.2, -0.15) is 0 Å². The van der Waals surface area contributed by atoms with Gasteiger partial charge in [-0.15, -0.1) is 0 Å². The van der Waals surface area contributed by atoms with Gasteiger partial charge in [0.2, 0.25) is 0 Å². The lowest BCUT2D eigenvalue weighted by Gasteiger charge is -2.43. The van der Waals surface area contributed by atoms with E-state index < -0.39 is 34.7 Å². The van der Waals surface area contributed by atoms with E-state index in [4.69, 9.17) is 71.1 Å². The average molecular weight is 1350 g/mol. The van der Waals surface area contributed by atoms with Crippen LogP contribution in [0.5, 0.6) is 34.5 Å². The van der Waals surface area contributed by atoms with Crippen molar-refractivity contribution in [3.05, 3.63) is 143 Å². The zero-order valence-electron chi connectivity index (χ0n) is 58.9. The maximum atomic E-state index is 13.6. The van der Waals surface area contributed by atoms with Crippen LogP contribution in [-0.4, -0.2) is 137 Å². The summed E-state index contributed by atoms with van der Waals surface area (Å²) in [5.41, 5.74) is 1.95. The molecule has 2 aliphatic rings. The van der Waals surface area contributed by atoms with Crippen molar-refractivity contribution in [3.63, 3.8) is 0 Å². The Kier molecular flexibility index (Phi) is 33.2. The van der Waals surface area contributed by atoms with Crippen molar-refractivity contribution in [3.8, 4) is 34.5 Å². The van der Waals surface area contributed by atoms with Crippen molar-refractivity contribution in [2.75, 3.05) is 108 Å². The number of rotatable bonds is 43. The van der Waals surface area contributed by atoms with Gasteiger partial charge in [0.1, 0.15) is 34.5 Å². The highest BCUT2D eigenvalue weighted by Gasteiger charge is 2.50. The molecule has 534 valence electrons. The fourth-order valence-electron chi connectivity index (χ4n) is 13.1. The highest BCUT2D eigenvalue weighted by Crippen LogP contribution is 2.52. The minimum absolute atomic E-state index is 0.0127. The van der Waals surface area contributed by atoms with Gasteiger partial charge in [-0.05, 0) is 156 Å². The normalized spacial score (nSPS) is 17.1. The lowest BCUT2D eigenvalue weighted by atomic mass is 9.66. The molecule has 0 fully saturated rings. The van der Waals surface area contributed by atoms with Gasteiger partial charge >= 0.3 is 23.9 Å². The molecule has 0 spiro atoms. The van der Waals surface area contributed by atoms with Crippen LogP contribution in [0.3, 0.4) is 0 Å². The molecule has 0 saturated carbocycles. The third-order valence-electron chi connectivity index (χ3n) is 18.3. The molecule has 0 saturated heterocycles. The quantitative estimate of drug-likeness (QED) is 0.0126. The number of hydrogen-bond donors (Lipinski definition) is 1. The van der Waals surface area contributed by atoms with Crippen molar-refractivity contribution in [1.29, 1.82) is 0 Å². The monoisotopic (exact) mass is 1350 g/mol. The van der Waals surface area contributed by atoms with E-state index >= 15 is 0 Å². The molecule has 5 aromatic carbocycles. The molecule has 0 amide bonds. The van der Waals surface area contributed by atoms with E-state index in [9.17, 15) is 24.3 Å². The summed E-state index contributed by atoms with van der Waals surface area (Å²) in [6, 6.07) is 37.9. The van der Waals surface area contributed by atoms with Crippen molar-refractivity contribution in [2.24, 2.45) is 10.8 Å². The summed E-state index contributed by atoms with van der Waals surface area (Å²) in [5.74, 6) is 2.31. The number of benzene rings is 5. The SMILES string of the molecule is CCOC(=O)C(CCCCO)(CCCC[C@@H]1c2ccc(OCOC)cc2OC[C@]1(C)c1ccc(OCOC)cc1)C(=O)OCC.CCOC(=O)C(CCCCOCc1ccccc1)(CCCC[C@@H]1c2ccc(OCOC)cc2OC[C@]1(C)c1ccc(OCOC)cc1)C(=O)OCC. The maximum absolute atomic E-state index is 13.6. The first-order valence-corrected chi connectivity index (χ1v) is 34.2. The molecule has 0 aliphatic carbocycles. The van der Waals surface area contributed by atoms with E-state index in [2.05, 4.69) is 50.2 Å². The van der Waals surface area contributed by atoms with Gasteiger partial charge in [0.25, 0.3) is 0 Å². The minimum Gasteiger partial charge on any atom is -0.492 e. The van der Waals surface area contributed by atoms with Crippen LogP contribution >= 0.6 is 0 Å². The summed E-state index contributed by atoms with van der Waals surface area (Å²) >= 11 is 0. The number of ether oxygens (including phenoxy) is 15. The number of hydrogen-bond acceptors (Lipinski definition) is 20. The number of methoxy groups -OCH3 is 4. The van der Waals surface area contributed by atoms with Gasteiger partial charge in [0.05, 0.1) is 46.2 Å². The number of aliphatic hydroxyl groups excluding tert-OH is 1. The van der Waals surface area contributed by atoms with Crippen LogP contribution in [0.4, 0.5) is 0 Å². The fraction of sp³-hybridized carbons (Fsp3) is 0.558. The number of fused-ring (bicyclic) bond motifs is 2. The Hall–Kier alpha value is -7.46. The number of aliphatic hydroxyl groups is 1. The third kappa shape index (κ3) is 21.8. The molecule has 0 unspecified atom stereocenters. The second-order valence-corrected chi connectivity index (χ2v) is 24.9. The molecule has 0 bridgehead atoms. The highest BCUT2D eigenvalue weighted by atomic mass is 16.7. The minimum atomic E-state index is -1.40. The summed E-state index contributed by atoms with van der Waals surface area (Å²) in [7, 11) is 6.34. The van der Waals surface area contributed by atoms with Gasteiger partial charge in [-0.25, -0.2) is 0 Å². The molecule has 0 radical (unpaired) electrons. The van der Waals surface area contributed by atoms with Crippen LogP contribution < -0.4 is 28.4 Å². The Labute approximate surface area is 574 Å². The number of carbonyl (C=O) groups excluding carboxylic acids is 4. The first kappa shape index (κ1) is 78.5. The molecule has 4 atom stereocenters. The lowest BCUT2D eigenvalue weighted by Crippen LogP contribution is -2.42. The van der Waals surface area contributed by atoms with Gasteiger partial charge in [0.15, 0.2) is 38.0 Å². The summed E-state index contributed by atoms with van der Waals surface area (Å²) in [6.07, 6.45) is 7.88. The topological polar surface area (TPSA) is 227 Å². The molecule has 0 aromatic heterocycles. The van der Waals surface area contributed by atoms with Crippen LogP contribution in [-0.2, 0) is 79.2 Å². The third-order valence-corrected chi connectivity index (χ3v) is 18.3. The zero-order valence-corrected chi connectivity index (χ0v) is 58.9. The molecule has 20 nitrogen and oxygen atoms in total. The predicted molar refractivity (Wildman–Crippen MR) is 366 cm³/mol. The van der Waals surface area contributed by atoms with Crippen LogP contribution in [0.2, 0.25) is 0 Å². The lowest BCUT2D eigenvalue weighted by molar-refractivity contribution is -0.175. The molecule has 1 N–H and O–H groups in total. The first-order valence-electron chi connectivity index (χ1n) is 34.2. The second kappa shape index (κ2) is 41.1. The average Bonchev–Trinajstić information content (AvgIpc) is 0.781. The summed E-state index contributed by atoms with van der Waals surface area (Å²) < 4.78 is 83.4. The fourth-order valence-corrected chi connectivity index (χ4v) is 13.1. The van der Waals surface area contributed by atoms with Crippen LogP contribution in [0.25, 0.3) is 0 Å². The van der Waals surface area contributed by atoms with Crippen molar-refractivity contribution < 1.29 is 95.3 Å². The first-order chi connectivity index (χ1) is 47.1. The highest BCUT2D eigenvalue weighted by molar-refractivity contribution is 6.00. The molecular formula is C77H106O20. The van der Waals surface area contributed by atoms with Crippen molar-refractivity contribution >= 4 is 23.9 Å². The molecule has 97 heavy (non-hydrogen) atoms.